The molecule has 0 saturated heterocycles. The highest BCUT2D eigenvalue weighted by Crippen LogP contribution is 2.30. The molecule has 3 N–H and O–H groups in total. The second-order valence-electron chi connectivity index (χ2n) is 7.60. The predicted molar refractivity (Wildman–Crippen MR) is 134 cm³/mol. The molecule has 1 aliphatic carbocycles. The van der Waals surface area contributed by atoms with Gasteiger partial charge in [-0.05, 0) is 72.1 Å². The molecule has 0 saturated carbocycles. The summed E-state index contributed by atoms with van der Waals surface area (Å²) in [5.41, 5.74) is 10.2. The van der Waals surface area contributed by atoms with Gasteiger partial charge in [-0.1, -0.05) is 28.1 Å². The van der Waals surface area contributed by atoms with Crippen LogP contribution in [-0.4, -0.2) is 23.4 Å². The zero-order chi connectivity index (χ0) is 24.2. The number of aryl methyl sites for hydroxylation is 1. The maximum Gasteiger partial charge on any atom is 0.305 e. The highest BCUT2D eigenvalue weighted by atomic mass is 79.9. The Balaban J connectivity index is 1.48. The first-order valence-electron chi connectivity index (χ1n) is 10.5. The summed E-state index contributed by atoms with van der Waals surface area (Å²) >= 11 is 6.65. The topological polar surface area (TPSA) is 113 Å². The Bertz CT molecular complexity index is 1300. The predicted octanol–water partition coefficient (Wildman–Crippen LogP) is 4.66. The molecule has 0 unspecified atom stereocenters. The van der Waals surface area contributed by atoms with Gasteiger partial charge in [-0.2, -0.15) is 5.10 Å². The number of halogens is 2. The van der Waals surface area contributed by atoms with E-state index < -0.39 is 11.8 Å². The van der Waals surface area contributed by atoms with Crippen LogP contribution in [0.15, 0.2) is 67.0 Å². The van der Waals surface area contributed by atoms with Gasteiger partial charge in [0.05, 0.1) is 11.3 Å². The lowest BCUT2D eigenvalue weighted by molar-refractivity contribution is 0.0829. The Kier molecular flexibility index (Phi) is 7.28. The van der Waals surface area contributed by atoms with Crippen molar-refractivity contribution in [3.8, 4) is 0 Å². The molecule has 34 heavy (non-hydrogen) atoms. The molecule has 0 radical (unpaired) electrons. The van der Waals surface area contributed by atoms with Gasteiger partial charge in [-0.25, -0.2) is 5.43 Å². The summed E-state index contributed by atoms with van der Waals surface area (Å²) < 4.78 is 7.31. The number of hydrogen-bond donors (Lipinski definition) is 3. The fourth-order valence-electron chi connectivity index (χ4n) is 3.66. The quantitative estimate of drug-likeness (QED) is 0.385. The van der Waals surface area contributed by atoms with Crippen LogP contribution in [0.25, 0.3) is 0 Å². The number of amides is 3. The van der Waals surface area contributed by atoms with Crippen LogP contribution in [0.5, 0.6) is 0 Å². The van der Waals surface area contributed by atoms with E-state index in [9.17, 15) is 14.4 Å². The maximum absolute atomic E-state index is 12.7. The van der Waals surface area contributed by atoms with Crippen molar-refractivity contribution in [3.05, 3.63) is 91.3 Å². The number of furan rings is 1. The number of hydrazine groups is 1. The number of nitrogens with zero attached hydrogens (tertiary/aromatic N) is 1. The Hall–Kier alpha value is -3.24. The van der Waals surface area contributed by atoms with Gasteiger partial charge in [0.2, 0.25) is 0 Å². The number of fused-ring (bicyclic) bond motifs is 1. The van der Waals surface area contributed by atoms with Crippen LogP contribution >= 0.6 is 31.9 Å². The van der Waals surface area contributed by atoms with E-state index >= 15 is 0 Å². The van der Waals surface area contributed by atoms with E-state index in [1.807, 2.05) is 0 Å². The molecule has 1 heterocycles. The first-order valence-corrected chi connectivity index (χ1v) is 12.0. The second kappa shape index (κ2) is 10.4. The van der Waals surface area contributed by atoms with Crippen LogP contribution in [0.1, 0.15) is 61.0 Å². The van der Waals surface area contributed by atoms with Crippen molar-refractivity contribution in [2.75, 3.05) is 0 Å². The minimum atomic E-state index is -0.578. The summed E-state index contributed by atoms with van der Waals surface area (Å²) in [5.74, 6) is -0.659. The summed E-state index contributed by atoms with van der Waals surface area (Å²) in [6.07, 6.45) is 2.05. The van der Waals surface area contributed by atoms with E-state index in [0.29, 0.717) is 51.0 Å². The van der Waals surface area contributed by atoms with Crippen LogP contribution in [0.4, 0.5) is 0 Å². The molecule has 3 amide bonds. The number of nitrogens with one attached hydrogen (secondary N) is 3. The average molecular weight is 588 g/mol. The summed E-state index contributed by atoms with van der Waals surface area (Å²) in [6, 6.07) is 13.8. The Morgan fingerprint density at radius 1 is 0.912 bits per heavy atom. The van der Waals surface area contributed by atoms with Crippen molar-refractivity contribution in [1.82, 2.24) is 16.3 Å². The van der Waals surface area contributed by atoms with Gasteiger partial charge in [0.1, 0.15) is 5.76 Å². The number of benzene rings is 2. The summed E-state index contributed by atoms with van der Waals surface area (Å²) in [7, 11) is 0. The maximum atomic E-state index is 12.7. The molecular formula is C24H20Br2N4O4. The molecule has 0 fully saturated rings. The van der Waals surface area contributed by atoms with E-state index in [4.69, 9.17) is 4.42 Å². The van der Waals surface area contributed by atoms with Gasteiger partial charge >= 0.3 is 5.91 Å². The van der Waals surface area contributed by atoms with Gasteiger partial charge in [-0.3, -0.25) is 25.2 Å². The van der Waals surface area contributed by atoms with E-state index in [1.165, 1.54) is 0 Å². The van der Waals surface area contributed by atoms with Gasteiger partial charge in [-0.15, -0.1) is 0 Å². The molecule has 1 aromatic heterocycles. The number of carbonyl (C=O) groups is 3. The first kappa shape index (κ1) is 23.9. The van der Waals surface area contributed by atoms with Gasteiger partial charge in [0.15, 0.2) is 5.76 Å². The zero-order valence-corrected chi connectivity index (χ0v) is 21.2. The smallest absolute Gasteiger partial charge is 0.305 e. The Morgan fingerprint density at radius 2 is 1.62 bits per heavy atom. The lowest BCUT2D eigenvalue weighted by Gasteiger charge is -2.13. The lowest BCUT2D eigenvalue weighted by atomic mass is 9.93. The molecule has 2 aromatic carbocycles. The normalized spacial score (nSPS) is 13.8. The molecule has 174 valence electrons. The average Bonchev–Trinajstić information content (AvgIpc) is 3.18. The van der Waals surface area contributed by atoms with Crippen LogP contribution in [0, 0.1) is 6.92 Å². The third-order valence-electron chi connectivity index (χ3n) is 5.34. The van der Waals surface area contributed by atoms with Gasteiger partial charge in [0, 0.05) is 32.1 Å². The van der Waals surface area contributed by atoms with Crippen molar-refractivity contribution in [1.29, 1.82) is 0 Å². The molecule has 8 nitrogen and oxygen atoms in total. The molecular weight excluding hydrogens is 568 g/mol. The molecule has 4 rings (SSSR count). The summed E-state index contributed by atoms with van der Waals surface area (Å²) in [4.78, 5) is 37.5. The van der Waals surface area contributed by atoms with Crippen LogP contribution in [0.3, 0.4) is 0 Å². The number of carbonyl (C=O) groups excluding carboxylic acids is 3. The van der Waals surface area contributed by atoms with Crippen LogP contribution in [0.2, 0.25) is 0 Å². The number of hydrazone groups is 1. The van der Waals surface area contributed by atoms with E-state index in [0.717, 1.165) is 10.9 Å². The van der Waals surface area contributed by atoms with E-state index in [-0.39, 0.29) is 11.7 Å². The molecule has 0 aliphatic heterocycles. The number of hydrogen-bond acceptors (Lipinski definition) is 5. The molecule has 0 spiro atoms. The highest BCUT2D eigenvalue weighted by molar-refractivity contribution is 9.10. The zero-order valence-electron chi connectivity index (χ0n) is 18.1. The van der Waals surface area contributed by atoms with Gasteiger partial charge < -0.3 is 4.42 Å². The minimum Gasteiger partial charge on any atom is -0.455 e. The van der Waals surface area contributed by atoms with Crippen molar-refractivity contribution in [2.24, 2.45) is 5.10 Å². The standard InChI is InChI=1S/C24H20Br2N4O4/c1-13-20-18(27-28-22(31)14-9-11-15(25)12-10-14)7-4-8-19(20)34-21(13)24(33)30-29-23(32)16-5-2-3-6-17(16)26/h2-3,5-6,9-12H,4,7-8H2,1H3,(H,28,31)(H,29,32)(H,30,33)/b27-18+. The van der Waals surface area contributed by atoms with Crippen molar-refractivity contribution < 1.29 is 18.8 Å². The fraction of sp³-hybridized carbons (Fsp3) is 0.167. The Labute approximate surface area is 212 Å². The van der Waals surface area contributed by atoms with Crippen molar-refractivity contribution in [3.63, 3.8) is 0 Å². The van der Waals surface area contributed by atoms with Crippen molar-refractivity contribution >= 4 is 55.3 Å². The molecule has 3 aromatic rings. The first-order chi connectivity index (χ1) is 16.3. The second-order valence-corrected chi connectivity index (χ2v) is 9.37. The minimum absolute atomic E-state index is 0.0891. The molecule has 0 bridgehead atoms. The molecule has 0 atom stereocenters. The molecule has 10 heteroatoms. The Morgan fingerprint density at radius 3 is 2.35 bits per heavy atom. The van der Waals surface area contributed by atoms with E-state index in [2.05, 4.69) is 53.2 Å². The number of rotatable bonds is 4. The fourth-order valence-corrected chi connectivity index (χ4v) is 4.39. The SMILES string of the molecule is Cc1c(C(=O)NNC(=O)c2ccccc2Br)oc2c1/C(=N/NC(=O)c1ccc(Br)cc1)CCC2. The van der Waals surface area contributed by atoms with Crippen molar-refractivity contribution in [2.45, 2.75) is 26.2 Å². The summed E-state index contributed by atoms with van der Waals surface area (Å²) in [5, 5.41) is 4.32. The summed E-state index contributed by atoms with van der Waals surface area (Å²) in [6.45, 7) is 1.75. The molecule has 1 aliphatic rings. The van der Waals surface area contributed by atoms with Crippen LogP contribution < -0.4 is 16.3 Å². The largest absolute Gasteiger partial charge is 0.455 e. The third kappa shape index (κ3) is 5.13. The van der Waals surface area contributed by atoms with E-state index in [1.54, 1.807) is 55.5 Å². The lowest BCUT2D eigenvalue weighted by Crippen LogP contribution is -2.41. The monoisotopic (exact) mass is 586 g/mol. The van der Waals surface area contributed by atoms with Gasteiger partial charge in [0.25, 0.3) is 11.8 Å². The highest BCUT2D eigenvalue weighted by Gasteiger charge is 2.28. The third-order valence-corrected chi connectivity index (χ3v) is 6.56. The van der Waals surface area contributed by atoms with Crippen LogP contribution in [-0.2, 0) is 6.42 Å².